The van der Waals surface area contributed by atoms with E-state index in [2.05, 4.69) is 5.16 Å². The van der Waals surface area contributed by atoms with Gasteiger partial charge in [-0.3, -0.25) is 0 Å². The highest BCUT2D eigenvalue weighted by atomic mass is 32.2. The predicted octanol–water partition coefficient (Wildman–Crippen LogP) is 3.11. The van der Waals surface area contributed by atoms with Crippen LogP contribution in [0.5, 0.6) is 11.5 Å². The molecule has 1 heterocycles. The fourth-order valence-electron chi connectivity index (χ4n) is 3.04. The zero-order chi connectivity index (χ0) is 22.4. The third-order valence-electron chi connectivity index (χ3n) is 4.75. The summed E-state index contributed by atoms with van der Waals surface area (Å²) in [6.07, 6.45) is 0. The SMILES string of the molecule is COc1ccc(OC)c(-c2cc(CN(CCN(C)C)S(=O)(=O)c3ccccc3)no2)c1. The number of rotatable bonds is 10. The van der Waals surface area contributed by atoms with Crippen molar-refractivity contribution in [2.24, 2.45) is 0 Å². The Kier molecular flexibility index (Phi) is 7.32. The minimum Gasteiger partial charge on any atom is -0.497 e. The normalized spacial score (nSPS) is 11.8. The Morgan fingerprint density at radius 3 is 2.35 bits per heavy atom. The van der Waals surface area contributed by atoms with Gasteiger partial charge in [0.1, 0.15) is 11.5 Å². The maximum atomic E-state index is 13.2. The molecule has 0 saturated heterocycles. The van der Waals surface area contributed by atoms with Gasteiger partial charge in [0.25, 0.3) is 0 Å². The van der Waals surface area contributed by atoms with Crippen LogP contribution in [0.15, 0.2) is 64.0 Å². The quantitative estimate of drug-likeness (QED) is 0.474. The second-order valence-corrected chi connectivity index (χ2v) is 9.14. The molecular weight excluding hydrogens is 418 g/mol. The Morgan fingerprint density at radius 2 is 1.71 bits per heavy atom. The largest absolute Gasteiger partial charge is 0.497 e. The molecule has 0 aliphatic carbocycles. The summed E-state index contributed by atoms with van der Waals surface area (Å²) >= 11 is 0. The van der Waals surface area contributed by atoms with Crippen LogP contribution in [0.4, 0.5) is 0 Å². The first-order valence-electron chi connectivity index (χ1n) is 9.73. The molecule has 0 bridgehead atoms. The lowest BCUT2D eigenvalue weighted by molar-refractivity contribution is 0.321. The van der Waals surface area contributed by atoms with Crippen LogP contribution in [-0.4, -0.2) is 64.2 Å². The molecule has 166 valence electrons. The van der Waals surface area contributed by atoms with Gasteiger partial charge in [-0.1, -0.05) is 23.4 Å². The summed E-state index contributed by atoms with van der Waals surface area (Å²) in [5, 5.41) is 4.11. The summed E-state index contributed by atoms with van der Waals surface area (Å²) in [7, 11) is 3.25. The lowest BCUT2D eigenvalue weighted by Crippen LogP contribution is -2.36. The van der Waals surface area contributed by atoms with Crippen molar-refractivity contribution in [3.63, 3.8) is 0 Å². The maximum absolute atomic E-state index is 13.2. The van der Waals surface area contributed by atoms with Gasteiger partial charge >= 0.3 is 0 Å². The van der Waals surface area contributed by atoms with Crippen molar-refractivity contribution in [2.45, 2.75) is 11.4 Å². The second-order valence-electron chi connectivity index (χ2n) is 7.20. The van der Waals surface area contributed by atoms with Crippen LogP contribution in [0.2, 0.25) is 0 Å². The van der Waals surface area contributed by atoms with Crippen LogP contribution in [0.3, 0.4) is 0 Å². The Labute approximate surface area is 183 Å². The topological polar surface area (TPSA) is 85.1 Å². The van der Waals surface area contributed by atoms with E-state index in [1.807, 2.05) is 19.0 Å². The van der Waals surface area contributed by atoms with Gasteiger partial charge in [-0.2, -0.15) is 4.31 Å². The molecule has 0 aliphatic rings. The second kappa shape index (κ2) is 9.95. The molecule has 0 atom stereocenters. The van der Waals surface area contributed by atoms with E-state index < -0.39 is 10.0 Å². The predicted molar refractivity (Wildman–Crippen MR) is 118 cm³/mol. The van der Waals surface area contributed by atoms with Crippen LogP contribution >= 0.6 is 0 Å². The molecule has 0 fully saturated rings. The average molecular weight is 446 g/mol. The van der Waals surface area contributed by atoms with Gasteiger partial charge in [-0.15, -0.1) is 0 Å². The van der Waals surface area contributed by atoms with E-state index in [-0.39, 0.29) is 11.4 Å². The van der Waals surface area contributed by atoms with Gasteiger partial charge in [-0.25, -0.2) is 8.42 Å². The highest BCUT2D eigenvalue weighted by Gasteiger charge is 2.26. The smallest absolute Gasteiger partial charge is 0.243 e. The minimum atomic E-state index is -3.69. The number of benzene rings is 2. The van der Waals surface area contributed by atoms with Crippen LogP contribution in [0.1, 0.15) is 5.69 Å². The molecule has 3 aromatic rings. The number of hydrogen-bond acceptors (Lipinski definition) is 7. The summed E-state index contributed by atoms with van der Waals surface area (Å²) in [6, 6.07) is 15.5. The number of hydrogen-bond donors (Lipinski definition) is 0. The number of ether oxygens (including phenoxy) is 2. The highest BCUT2D eigenvalue weighted by Crippen LogP contribution is 2.34. The Bertz CT molecular complexity index is 1100. The van der Waals surface area contributed by atoms with E-state index in [1.165, 1.54) is 4.31 Å². The Morgan fingerprint density at radius 1 is 0.968 bits per heavy atom. The fourth-order valence-corrected chi connectivity index (χ4v) is 4.46. The molecule has 0 N–H and O–H groups in total. The highest BCUT2D eigenvalue weighted by molar-refractivity contribution is 7.89. The van der Waals surface area contributed by atoms with Crippen molar-refractivity contribution >= 4 is 10.0 Å². The summed E-state index contributed by atoms with van der Waals surface area (Å²) < 4.78 is 44.1. The third kappa shape index (κ3) is 5.43. The van der Waals surface area contributed by atoms with E-state index >= 15 is 0 Å². The maximum Gasteiger partial charge on any atom is 0.243 e. The van der Waals surface area contributed by atoms with Crippen molar-refractivity contribution in [3.05, 3.63) is 60.3 Å². The number of likely N-dealkylation sites (N-methyl/N-ethyl adjacent to an activating group) is 1. The van der Waals surface area contributed by atoms with Gasteiger partial charge in [0, 0.05) is 19.2 Å². The Hall–Kier alpha value is -2.88. The van der Waals surface area contributed by atoms with E-state index in [9.17, 15) is 8.42 Å². The van der Waals surface area contributed by atoms with Crippen molar-refractivity contribution in [1.29, 1.82) is 0 Å². The summed E-state index contributed by atoms with van der Waals surface area (Å²) in [5.74, 6) is 1.72. The number of methoxy groups -OCH3 is 2. The van der Waals surface area contributed by atoms with Gasteiger partial charge in [-0.05, 0) is 44.4 Å². The van der Waals surface area contributed by atoms with Crippen molar-refractivity contribution in [1.82, 2.24) is 14.4 Å². The van der Waals surface area contributed by atoms with Gasteiger partial charge in [0.15, 0.2) is 5.76 Å². The molecule has 1 aromatic heterocycles. The number of nitrogens with zero attached hydrogens (tertiary/aromatic N) is 3. The molecule has 0 amide bonds. The number of sulfonamides is 1. The van der Waals surface area contributed by atoms with E-state index in [0.717, 1.165) is 0 Å². The lowest BCUT2D eigenvalue weighted by atomic mass is 10.1. The lowest BCUT2D eigenvalue weighted by Gasteiger charge is -2.23. The van der Waals surface area contributed by atoms with E-state index in [4.69, 9.17) is 14.0 Å². The monoisotopic (exact) mass is 445 g/mol. The standard InChI is InChI=1S/C22H27N3O5S/c1-24(2)12-13-25(31(26,27)19-8-6-5-7-9-19)16-17-14-22(30-23-17)20-15-18(28-3)10-11-21(20)29-4/h5-11,14-15H,12-13,16H2,1-4H3. The minimum absolute atomic E-state index is 0.0842. The molecule has 2 aromatic carbocycles. The molecule has 3 rings (SSSR count). The molecule has 0 aliphatic heterocycles. The number of aromatic nitrogens is 1. The average Bonchev–Trinajstić information content (AvgIpc) is 3.25. The first-order valence-corrected chi connectivity index (χ1v) is 11.2. The first kappa shape index (κ1) is 22.8. The first-order chi connectivity index (χ1) is 14.8. The summed E-state index contributed by atoms with van der Waals surface area (Å²) in [6.45, 7) is 0.968. The van der Waals surface area contributed by atoms with Crippen LogP contribution in [0.25, 0.3) is 11.3 Å². The third-order valence-corrected chi connectivity index (χ3v) is 6.61. The van der Waals surface area contributed by atoms with Gasteiger partial charge in [0.05, 0.1) is 36.9 Å². The molecule has 0 unspecified atom stereocenters. The molecule has 0 spiro atoms. The van der Waals surface area contributed by atoms with Gasteiger partial charge < -0.3 is 18.9 Å². The fraction of sp³-hybridized carbons (Fsp3) is 0.318. The van der Waals surface area contributed by atoms with Crippen LogP contribution in [-0.2, 0) is 16.6 Å². The molecule has 0 radical (unpaired) electrons. The summed E-state index contributed by atoms with van der Waals surface area (Å²) in [4.78, 5) is 2.18. The zero-order valence-electron chi connectivity index (χ0n) is 18.1. The van der Waals surface area contributed by atoms with E-state index in [1.54, 1.807) is 68.8 Å². The Balaban J connectivity index is 1.91. The summed E-state index contributed by atoms with van der Waals surface area (Å²) in [5.41, 5.74) is 1.17. The molecule has 31 heavy (non-hydrogen) atoms. The van der Waals surface area contributed by atoms with Crippen molar-refractivity contribution in [3.8, 4) is 22.8 Å². The zero-order valence-corrected chi connectivity index (χ0v) is 18.9. The van der Waals surface area contributed by atoms with Crippen LogP contribution < -0.4 is 9.47 Å². The van der Waals surface area contributed by atoms with E-state index in [0.29, 0.717) is 41.6 Å². The molecule has 8 nitrogen and oxygen atoms in total. The molecule has 0 saturated carbocycles. The van der Waals surface area contributed by atoms with Crippen molar-refractivity contribution < 1.29 is 22.4 Å². The molecule has 9 heteroatoms. The van der Waals surface area contributed by atoms with Gasteiger partial charge in [0.2, 0.25) is 10.0 Å². The van der Waals surface area contributed by atoms with Crippen LogP contribution in [0, 0.1) is 0 Å². The van der Waals surface area contributed by atoms with Crippen molar-refractivity contribution in [2.75, 3.05) is 41.4 Å². The molecular formula is C22H27N3O5S.